The summed E-state index contributed by atoms with van der Waals surface area (Å²) in [5.74, 6) is -0.762. The van der Waals surface area contributed by atoms with Gasteiger partial charge in [-0.1, -0.05) is 18.2 Å². The molecule has 0 unspecified atom stereocenters. The Morgan fingerprint density at radius 2 is 1.72 bits per heavy atom. The molecule has 2 fully saturated rings. The van der Waals surface area contributed by atoms with Crippen LogP contribution in [0.15, 0.2) is 47.5 Å². The van der Waals surface area contributed by atoms with Gasteiger partial charge in [0.1, 0.15) is 16.6 Å². The van der Waals surface area contributed by atoms with E-state index in [0.29, 0.717) is 39.0 Å². The SMILES string of the molecule is COC(=O)c1cc(S(=O)(=O)N2CCC[C@@H]2C(=O)N2CCN(c3ccccc3)CC2)cn1C. The van der Waals surface area contributed by atoms with Gasteiger partial charge in [-0.25, -0.2) is 13.2 Å². The highest BCUT2D eigenvalue weighted by Crippen LogP contribution is 2.29. The molecule has 1 aromatic heterocycles. The highest BCUT2D eigenvalue weighted by molar-refractivity contribution is 7.89. The van der Waals surface area contributed by atoms with Crippen molar-refractivity contribution >= 4 is 27.6 Å². The summed E-state index contributed by atoms with van der Waals surface area (Å²) >= 11 is 0. The Hall–Kier alpha value is -2.85. The third-order valence-electron chi connectivity index (χ3n) is 6.18. The van der Waals surface area contributed by atoms with Crippen LogP contribution in [-0.2, 0) is 26.6 Å². The van der Waals surface area contributed by atoms with Gasteiger partial charge in [0.25, 0.3) is 0 Å². The van der Waals surface area contributed by atoms with Crippen LogP contribution in [0.3, 0.4) is 0 Å². The van der Waals surface area contributed by atoms with Crippen molar-refractivity contribution in [1.82, 2.24) is 13.8 Å². The molecule has 0 N–H and O–H groups in total. The molecule has 3 heterocycles. The molecule has 2 aromatic rings. The number of anilines is 1. The summed E-state index contributed by atoms with van der Waals surface area (Å²) in [5.41, 5.74) is 1.26. The van der Waals surface area contributed by atoms with E-state index in [4.69, 9.17) is 4.74 Å². The van der Waals surface area contributed by atoms with E-state index in [0.717, 1.165) is 5.69 Å². The molecule has 1 atom stereocenters. The summed E-state index contributed by atoms with van der Waals surface area (Å²) in [6.07, 6.45) is 2.50. The van der Waals surface area contributed by atoms with Crippen LogP contribution in [0, 0.1) is 0 Å². The topological polar surface area (TPSA) is 92.2 Å². The predicted octanol–water partition coefficient (Wildman–Crippen LogP) is 1.31. The number of aryl methyl sites for hydroxylation is 1. The molecular formula is C22H28N4O5S. The zero-order valence-electron chi connectivity index (χ0n) is 18.3. The number of benzene rings is 1. The van der Waals surface area contributed by atoms with Gasteiger partial charge < -0.3 is 19.1 Å². The van der Waals surface area contributed by atoms with Crippen LogP contribution in [0.2, 0.25) is 0 Å². The maximum absolute atomic E-state index is 13.3. The fourth-order valence-electron chi connectivity index (χ4n) is 4.43. The minimum absolute atomic E-state index is 0.00556. The quantitative estimate of drug-likeness (QED) is 0.625. The second-order valence-electron chi connectivity index (χ2n) is 8.09. The van der Waals surface area contributed by atoms with Gasteiger partial charge in [0.2, 0.25) is 15.9 Å². The smallest absolute Gasteiger partial charge is 0.354 e. The molecule has 0 saturated carbocycles. The molecule has 2 aliphatic heterocycles. The molecule has 10 heteroatoms. The molecule has 0 spiro atoms. The number of para-hydroxylation sites is 1. The third kappa shape index (κ3) is 4.12. The monoisotopic (exact) mass is 460 g/mol. The van der Waals surface area contributed by atoms with E-state index in [9.17, 15) is 18.0 Å². The summed E-state index contributed by atoms with van der Waals surface area (Å²) < 4.78 is 34.1. The van der Waals surface area contributed by atoms with Gasteiger partial charge in [-0.2, -0.15) is 4.31 Å². The first-order valence-corrected chi connectivity index (χ1v) is 12.1. The average molecular weight is 461 g/mol. The molecule has 32 heavy (non-hydrogen) atoms. The lowest BCUT2D eigenvalue weighted by Gasteiger charge is -2.38. The second-order valence-corrected chi connectivity index (χ2v) is 9.98. The Bertz CT molecular complexity index is 1090. The van der Waals surface area contributed by atoms with Gasteiger partial charge in [0.15, 0.2) is 0 Å². The number of carbonyl (C=O) groups excluding carboxylic acids is 2. The van der Waals surface area contributed by atoms with Crippen LogP contribution < -0.4 is 4.90 Å². The number of hydrogen-bond acceptors (Lipinski definition) is 6. The van der Waals surface area contributed by atoms with Crippen LogP contribution in [0.4, 0.5) is 5.69 Å². The number of carbonyl (C=O) groups is 2. The van der Waals surface area contributed by atoms with Crippen molar-refractivity contribution in [2.75, 3.05) is 44.7 Å². The first-order chi connectivity index (χ1) is 15.3. The zero-order chi connectivity index (χ0) is 22.9. The lowest BCUT2D eigenvalue weighted by molar-refractivity contribution is -0.134. The standard InChI is InChI=1S/C22H28N4O5S/c1-23-16-18(15-20(23)22(28)31-2)32(29,30)26-10-6-9-19(26)21(27)25-13-11-24(12-14-25)17-7-4-3-5-8-17/h3-5,7-8,15-16,19H,6,9-14H2,1-2H3/t19-/m1/s1. The van der Waals surface area contributed by atoms with Crippen LogP contribution in [0.1, 0.15) is 23.3 Å². The lowest BCUT2D eigenvalue weighted by atomic mass is 10.1. The van der Waals surface area contributed by atoms with Gasteiger partial charge in [-0.3, -0.25) is 4.79 Å². The third-order valence-corrected chi connectivity index (χ3v) is 8.06. The number of piperazine rings is 1. The number of nitrogens with zero attached hydrogens (tertiary/aromatic N) is 4. The Morgan fingerprint density at radius 1 is 1.03 bits per heavy atom. The Morgan fingerprint density at radius 3 is 2.38 bits per heavy atom. The highest BCUT2D eigenvalue weighted by atomic mass is 32.2. The molecule has 4 rings (SSSR count). The highest BCUT2D eigenvalue weighted by Gasteiger charge is 2.42. The average Bonchev–Trinajstić information content (AvgIpc) is 3.47. The predicted molar refractivity (Wildman–Crippen MR) is 119 cm³/mol. The van der Waals surface area contributed by atoms with Crippen molar-refractivity contribution in [2.24, 2.45) is 7.05 Å². The Kier molecular flexibility index (Phi) is 6.25. The van der Waals surface area contributed by atoms with Crippen molar-refractivity contribution in [2.45, 2.75) is 23.8 Å². The normalized spacial score (nSPS) is 19.9. The maximum atomic E-state index is 13.3. The molecule has 2 saturated heterocycles. The summed E-state index contributed by atoms with van der Waals surface area (Å²) in [5, 5.41) is 0. The van der Waals surface area contributed by atoms with Crippen LogP contribution >= 0.6 is 0 Å². The number of rotatable bonds is 5. The van der Waals surface area contributed by atoms with Crippen molar-refractivity contribution in [3.8, 4) is 0 Å². The van der Waals surface area contributed by atoms with Crippen LogP contribution in [0.5, 0.6) is 0 Å². The van der Waals surface area contributed by atoms with E-state index >= 15 is 0 Å². The number of sulfonamides is 1. The van der Waals surface area contributed by atoms with Gasteiger partial charge >= 0.3 is 5.97 Å². The van der Waals surface area contributed by atoms with Crippen LogP contribution in [-0.4, -0.2) is 79.9 Å². The van der Waals surface area contributed by atoms with E-state index in [-0.39, 0.29) is 23.0 Å². The minimum atomic E-state index is -3.92. The van der Waals surface area contributed by atoms with Crippen molar-refractivity contribution in [3.63, 3.8) is 0 Å². The number of esters is 1. The summed E-state index contributed by atoms with van der Waals surface area (Å²) in [7, 11) is -1.09. The van der Waals surface area contributed by atoms with Crippen molar-refractivity contribution in [1.29, 1.82) is 0 Å². The van der Waals surface area contributed by atoms with E-state index in [1.54, 1.807) is 11.9 Å². The molecule has 2 aliphatic rings. The fourth-order valence-corrected chi connectivity index (χ4v) is 6.15. The Balaban J connectivity index is 1.47. The summed E-state index contributed by atoms with van der Waals surface area (Å²) in [6.45, 7) is 2.80. The second kappa shape index (κ2) is 8.95. The lowest BCUT2D eigenvalue weighted by Crippen LogP contribution is -2.54. The van der Waals surface area contributed by atoms with Gasteiger partial charge in [0, 0.05) is 51.7 Å². The molecule has 9 nitrogen and oxygen atoms in total. The number of hydrogen-bond donors (Lipinski definition) is 0. The summed E-state index contributed by atoms with van der Waals surface area (Å²) in [6, 6.07) is 10.6. The number of aromatic nitrogens is 1. The Labute approximate surface area is 188 Å². The molecular weight excluding hydrogens is 432 g/mol. The molecule has 0 aliphatic carbocycles. The largest absolute Gasteiger partial charge is 0.464 e. The van der Waals surface area contributed by atoms with Gasteiger partial charge in [-0.05, 0) is 31.0 Å². The molecule has 172 valence electrons. The van der Waals surface area contributed by atoms with Crippen molar-refractivity contribution in [3.05, 3.63) is 48.3 Å². The molecule has 1 amide bonds. The first-order valence-electron chi connectivity index (χ1n) is 10.7. The molecule has 0 bridgehead atoms. The van der Waals surface area contributed by atoms with E-state index in [2.05, 4.69) is 4.90 Å². The van der Waals surface area contributed by atoms with Gasteiger partial charge in [0.05, 0.1) is 7.11 Å². The number of amides is 1. The van der Waals surface area contributed by atoms with Crippen molar-refractivity contribution < 1.29 is 22.7 Å². The van der Waals surface area contributed by atoms with Gasteiger partial charge in [-0.15, -0.1) is 0 Å². The number of methoxy groups -OCH3 is 1. The summed E-state index contributed by atoms with van der Waals surface area (Å²) in [4.78, 5) is 29.2. The van der Waals surface area contributed by atoms with Crippen LogP contribution in [0.25, 0.3) is 0 Å². The number of ether oxygens (including phenoxy) is 1. The minimum Gasteiger partial charge on any atom is -0.464 e. The maximum Gasteiger partial charge on any atom is 0.354 e. The van der Waals surface area contributed by atoms with E-state index in [1.807, 2.05) is 30.3 Å². The fraction of sp³-hybridized carbons (Fsp3) is 0.455. The zero-order valence-corrected chi connectivity index (χ0v) is 19.1. The molecule has 1 aromatic carbocycles. The van der Waals surface area contributed by atoms with E-state index in [1.165, 1.54) is 28.2 Å². The van der Waals surface area contributed by atoms with E-state index < -0.39 is 22.0 Å². The molecule has 0 radical (unpaired) electrons. The first kappa shape index (κ1) is 22.3.